The fraction of sp³-hybridized carbons (Fsp3) is 0.632. The highest BCUT2D eigenvalue weighted by Gasteiger charge is 2.42. The van der Waals surface area contributed by atoms with Crippen LogP contribution < -0.4 is 4.90 Å². The van der Waals surface area contributed by atoms with E-state index in [1.807, 2.05) is 37.9 Å². The van der Waals surface area contributed by atoms with Crippen LogP contribution in [0.25, 0.3) is 0 Å². The highest BCUT2D eigenvalue weighted by Crippen LogP contribution is 2.35. The highest BCUT2D eigenvalue weighted by atomic mass is 16.6. The van der Waals surface area contributed by atoms with Gasteiger partial charge >= 0.3 is 6.09 Å². The zero-order chi connectivity index (χ0) is 18.0. The van der Waals surface area contributed by atoms with Crippen molar-refractivity contribution in [2.75, 3.05) is 18.0 Å². The average molecular weight is 345 g/mol. The quantitative estimate of drug-likeness (QED) is 0.785. The van der Waals surface area contributed by atoms with Crippen molar-refractivity contribution in [1.29, 1.82) is 0 Å². The summed E-state index contributed by atoms with van der Waals surface area (Å²) >= 11 is 0. The summed E-state index contributed by atoms with van der Waals surface area (Å²) in [6.07, 6.45) is 5.85. The minimum Gasteiger partial charge on any atom is -0.444 e. The Bertz CT molecular complexity index is 627. The van der Waals surface area contributed by atoms with Gasteiger partial charge in [0.2, 0.25) is 0 Å². The molecule has 0 saturated carbocycles. The number of aryl methyl sites for hydroxylation is 1. The summed E-state index contributed by atoms with van der Waals surface area (Å²) in [5.74, 6) is 0. The van der Waals surface area contributed by atoms with Crippen LogP contribution in [0.4, 0.5) is 10.5 Å². The van der Waals surface area contributed by atoms with E-state index < -0.39 is 5.60 Å². The maximum atomic E-state index is 12.4. The van der Waals surface area contributed by atoms with Crippen molar-refractivity contribution in [1.82, 2.24) is 9.88 Å². The van der Waals surface area contributed by atoms with E-state index in [2.05, 4.69) is 16.0 Å². The first-order chi connectivity index (χ1) is 11.9. The molecule has 2 unspecified atom stereocenters. The van der Waals surface area contributed by atoms with E-state index in [1.165, 1.54) is 0 Å². The molecule has 0 aromatic carbocycles. The molecule has 3 rings (SSSR count). The molecule has 6 nitrogen and oxygen atoms in total. The SMILES string of the molecule is CC(C)(C)OC(=O)N1CC2CCC(C1)N2c1ccnc(CCC=O)c1. The molecule has 0 spiro atoms. The molecular weight excluding hydrogens is 318 g/mol. The summed E-state index contributed by atoms with van der Waals surface area (Å²) in [4.78, 5) is 31.6. The van der Waals surface area contributed by atoms with Gasteiger partial charge < -0.3 is 19.3 Å². The second-order valence-electron chi connectivity index (χ2n) is 7.89. The molecule has 0 radical (unpaired) electrons. The number of hydrogen-bond donors (Lipinski definition) is 0. The van der Waals surface area contributed by atoms with Crippen molar-refractivity contribution in [2.24, 2.45) is 0 Å². The molecule has 1 aromatic heterocycles. The van der Waals surface area contributed by atoms with Crippen molar-refractivity contribution in [3.8, 4) is 0 Å². The third-order valence-electron chi connectivity index (χ3n) is 4.75. The molecule has 1 aromatic rings. The van der Waals surface area contributed by atoms with Crippen LogP contribution >= 0.6 is 0 Å². The second kappa shape index (κ2) is 7.02. The lowest BCUT2D eigenvalue weighted by Crippen LogP contribution is -2.56. The third kappa shape index (κ3) is 4.11. The van der Waals surface area contributed by atoms with E-state index in [9.17, 15) is 9.59 Å². The van der Waals surface area contributed by atoms with Crippen LogP contribution in [0.2, 0.25) is 0 Å². The number of pyridine rings is 1. The van der Waals surface area contributed by atoms with Crippen LogP contribution in [0.5, 0.6) is 0 Å². The molecule has 2 fully saturated rings. The molecule has 1 amide bonds. The molecule has 3 heterocycles. The molecule has 2 atom stereocenters. The van der Waals surface area contributed by atoms with Crippen LogP contribution in [0.3, 0.4) is 0 Å². The Morgan fingerprint density at radius 2 is 2.00 bits per heavy atom. The van der Waals surface area contributed by atoms with Gasteiger partial charge in [0, 0.05) is 49.2 Å². The predicted molar refractivity (Wildman–Crippen MR) is 95.7 cm³/mol. The van der Waals surface area contributed by atoms with Gasteiger partial charge in [-0.25, -0.2) is 4.79 Å². The van der Waals surface area contributed by atoms with E-state index in [4.69, 9.17) is 4.74 Å². The van der Waals surface area contributed by atoms with E-state index in [0.29, 0.717) is 38.0 Å². The number of rotatable bonds is 4. The molecule has 6 heteroatoms. The molecule has 0 aliphatic carbocycles. The van der Waals surface area contributed by atoms with E-state index in [-0.39, 0.29) is 6.09 Å². The normalized spacial score (nSPS) is 22.8. The fourth-order valence-corrected chi connectivity index (χ4v) is 3.77. The molecular formula is C19H27N3O3. The van der Waals surface area contributed by atoms with Gasteiger partial charge in [-0.1, -0.05) is 0 Å². The zero-order valence-electron chi connectivity index (χ0n) is 15.3. The van der Waals surface area contributed by atoms with Crippen molar-refractivity contribution in [2.45, 2.75) is 64.1 Å². The molecule has 25 heavy (non-hydrogen) atoms. The summed E-state index contributed by atoms with van der Waals surface area (Å²) in [5.41, 5.74) is 1.62. The van der Waals surface area contributed by atoms with Gasteiger partial charge in [-0.3, -0.25) is 4.98 Å². The van der Waals surface area contributed by atoms with Gasteiger partial charge in [-0.05, 0) is 52.2 Å². The fourth-order valence-electron chi connectivity index (χ4n) is 3.77. The summed E-state index contributed by atoms with van der Waals surface area (Å²) in [5, 5.41) is 0. The summed E-state index contributed by atoms with van der Waals surface area (Å²) in [7, 11) is 0. The number of amides is 1. The lowest BCUT2D eigenvalue weighted by atomic mass is 10.1. The van der Waals surface area contributed by atoms with E-state index in [0.717, 1.165) is 30.5 Å². The van der Waals surface area contributed by atoms with Gasteiger partial charge in [0.25, 0.3) is 0 Å². The largest absolute Gasteiger partial charge is 0.444 e. The number of nitrogens with zero attached hydrogens (tertiary/aromatic N) is 3. The second-order valence-corrected chi connectivity index (χ2v) is 7.89. The van der Waals surface area contributed by atoms with E-state index >= 15 is 0 Å². The molecule has 2 bridgehead atoms. The first-order valence-electron chi connectivity index (χ1n) is 9.02. The number of hydrogen-bond acceptors (Lipinski definition) is 5. The molecule has 2 aliphatic rings. The van der Waals surface area contributed by atoms with Gasteiger partial charge in [0.05, 0.1) is 0 Å². The average Bonchev–Trinajstić information content (AvgIpc) is 2.81. The Morgan fingerprint density at radius 1 is 1.32 bits per heavy atom. The van der Waals surface area contributed by atoms with Crippen molar-refractivity contribution in [3.63, 3.8) is 0 Å². The first-order valence-corrected chi connectivity index (χ1v) is 9.02. The zero-order valence-corrected chi connectivity index (χ0v) is 15.3. The maximum absolute atomic E-state index is 12.4. The highest BCUT2D eigenvalue weighted by molar-refractivity contribution is 5.69. The smallest absolute Gasteiger partial charge is 0.410 e. The lowest BCUT2D eigenvalue weighted by molar-refractivity contribution is -0.107. The number of aldehydes is 1. The van der Waals surface area contributed by atoms with Crippen LogP contribution in [-0.2, 0) is 16.0 Å². The number of aromatic nitrogens is 1. The predicted octanol–water partition coefficient (Wildman–Crippen LogP) is 2.80. The Labute approximate surface area is 149 Å². The molecule has 136 valence electrons. The number of carbonyl (C=O) groups is 2. The number of piperazine rings is 1. The third-order valence-corrected chi connectivity index (χ3v) is 4.75. The summed E-state index contributed by atoms with van der Waals surface area (Å²) in [6, 6.07) is 4.73. The Balaban J connectivity index is 1.71. The van der Waals surface area contributed by atoms with Crippen molar-refractivity contribution >= 4 is 18.1 Å². The van der Waals surface area contributed by atoms with Gasteiger partial charge in [-0.15, -0.1) is 0 Å². The summed E-state index contributed by atoms with van der Waals surface area (Å²) in [6.45, 7) is 7.07. The Kier molecular flexibility index (Phi) is 4.97. The first kappa shape index (κ1) is 17.7. The topological polar surface area (TPSA) is 62.7 Å². The number of ether oxygens (including phenoxy) is 1. The van der Waals surface area contributed by atoms with E-state index in [1.54, 1.807) is 0 Å². The monoisotopic (exact) mass is 345 g/mol. The van der Waals surface area contributed by atoms with Crippen molar-refractivity contribution < 1.29 is 14.3 Å². The number of likely N-dealkylation sites (tertiary alicyclic amines) is 1. The minimum atomic E-state index is -0.466. The van der Waals surface area contributed by atoms with Gasteiger partial charge in [0.15, 0.2) is 0 Å². The molecule has 0 N–H and O–H groups in total. The van der Waals surface area contributed by atoms with Gasteiger partial charge in [-0.2, -0.15) is 0 Å². The minimum absolute atomic E-state index is 0.217. The lowest BCUT2D eigenvalue weighted by Gasteiger charge is -2.42. The van der Waals surface area contributed by atoms with Crippen LogP contribution in [-0.4, -0.2) is 53.0 Å². The Hall–Kier alpha value is -2.11. The van der Waals surface area contributed by atoms with Crippen LogP contribution in [0, 0.1) is 0 Å². The van der Waals surface area contributed by atoms with Gasteiger partial charge in [0.1, 0.15) is 11.9 Å². The summed E-state index contributed by atoms with van der Waals surface area (Å²) < 4.78 is 5.53. The number of carbonyl (C=O) groups excluding carboxylic acids is 2. The molecule has 2 saturated heterocycles. The standard InChI is InChI=1S/C19H27N3O3/c1-19(2,3)25-18(24)21-12-16-6-7-17(13-21)22(16)15-8-9-20-14(11-15)5-4-10-23/h8-11,16-17H,4-7,12-13H2,1-3H3. The van der Waals surface area contributed by atoms with Crippen LogP contribution in [0.1, 0.15) is 45.7 Å². The van der Waals surface area contributed by atoms with Crippen molar-refractivity contribution in [3.05, 3.63) is 24.0 Å². The number of anilines is 1. The Morgan fingerprint density at radius 3 is 2.60 bits per heavy atom. The van der Waals surface area contributed by atoms with Crippen LogP contribution in [0.15, 0.2) is 18.3 Å². The number of fused-ring (bicyclic) bond motifs is 2. The maximum Gasteiger partial charge on any atom is 0.410 e. The molecule has 2 aliphatic heterocycles.